The van der Waals surface area contributed by atoms with Gasteiger partial charge in [-0.3, -0.25) is 4.79 Å². The van der Waals surface area contributed by atoms with Crippen molar-refractivity contribution < 1.29 is 22.3 Å². The van der Waals surface area contributed by atoms with Gasteiger partial charge in [0.05, 0.1) is 4.90 Å². The van der Waals surface area contributed by atoms with Gasteiger partial charge in [0.15, 0.2) is 6.10 Å². The third kappa shape index (κ3) is 3.42. The summed E-state index contributed by atoms with van der Waals surface area (Å²) >= 11 is 0. The smallest absolute Gasteiger partial charge is 0.264 e. The molecular formula is C19H19FN2O4S. The maximum Gasteiger partial charge on any atom is 0.264 e. The molecule has 1 unspecified atom stereocenters. The number of ether oxygens (including phenoxy) is 1. The molecular weight excluding hydrogens is 371 g/mol. The number of hydrogen-bond donors (Lipinski definition) is 0. The minimum atomic E-state index is -3.69. The molecule has 2 heterocycles. The van der Waals surface area contributed by atoms with Crippen LogP contribution in [0.3, 0.4) is 0 Å². The lowest BCUT2D eigenvalue weighted by Gasteiger charge is -2.35. The number of halogens is 1. The largest absolute Gasteiger partial charge is 0.480 e. The number of nitrogens with zero attached hydrogens (tertiary/aromatic N) is 2. The summed E-state index contributed by atoms with van der Waals surface area (Å²) in [6, 6.07) is 12.3. The van der Waals surface area contributed by atoms with Crippen molar-refractivity contribution in [1.29, 1.82) is 0 Å². The molecule has 0 N–H and O–H groups in total. The molecule has 2 aliphatic rings. The van der Waals surface area contributed by atoms with E-state index < -0.39 is 21.9 Å². The highest BCUT2D eigenvalue weighted by Gasteiger charge is 2.35. The Hall–Kier alpha value is -2.45. The lowest BCUT2D eigenvalue weighted by Crippen LogP contribution is -2.53. The predicted octanol–water partition coefficient (Wildman–Crippen LogP) is 1.66. The van der Waals surface area contributed by atoms with Gasteiger partial charge in [-0.05, 0) is 35.9 Å². The van der Waals surface area contributed by atoms with Gasteiger partial charge < -0.3 is 9.64 Å². The number of hydrogen-bond acceptors (Lipinski definition) is 4. The van der Waals surface area contributed by atoms with Crippen molar-refractivity contribution in [2.75, 3.05) is 26.2 Å². The molecule has 1 amide bonds. The Kier molecular flexibility index (Phi) is 4.61. The average molecular weight is 390 g/mol. The number of benzene rings is 2. The zero-order valence-electron chi connectivity index (χ0n) is 14.5. The van der Waals surface area contributed by atoms with Gasteiger partial charge in [-0.25, -0.2) is 12.8 Å². The maximum atomic E-state index is 13.0. The van der Waals surface area contributed by atoms with Gasteiger partial charge in [-0.1, -0.05) is 18.2 Å². The molecule has 2 aromatic rings. The van der Waals surface area contributed by atoms with Crippen LogP contribution in [0.5, 0.6) is 5.75 Å². The van der Waals surface area contributed by atoms with E-state index in [4.69, 9.17) is 4.74 Å². The Bertz CT molecular complexity index is 929. The fourth-order valence-electron chi connectivity index (χ4n) is 3.43. The molecule has 0 aromatic heterocycles. The third-order valence-electron chi connectivity index (χ3n) is 4.92. The Morgan fingerprint density at radius 3 is 2.33 bits per heavy atom. The number of carbonyl (C=O) groups excluding carboxylic acids is 1. The summed E-state index contributed by atoms with van der Waals surface area (Å²) in [6.07, 6.45) is -0.0222. The van der Waals surface area contributed by atoms with E-state index in [0.717, 1.165) is 23.4 Å². The number of para-hydroxylation sites is 1. The van der Waals surface area contributed by atoms with Gasteiger partial charge in [0.25, 0.3) is 5.91 Å². The number of rotatable bonds is 3. The van der Waals surface area contributed by atoms with E-state index in [1.54, 1.807) is 4.90 Å². The van der Waals surface area contributed by atoms with Crippen molar-refractivity contribution >= 4 is 15.9 Å². The molecule has 8 heteroatoms. The van der Waals surface area contributed by atoms with Gasteiger partial charge in [-0.15, -0.1) is 0 Å². The number of carbonyl (C=O) groups is 1. The fraction of sp³-hybridized carbons (Fsp3) is 0.316. The standard InChI is InChI=1S/C19H19FN2O4S/c20-15-5-7-16(8-6-15)27(24,25)22-11-9-21(10-12-22)19(23)18-13-14-3-1-2-4-17(14)26-18/h1-8,18H,9-13H2. The van der Waals surface area contributed by atoms with E-state index in [9.17, 15) is 17.6 Å². The summed E-state index contributed by atoms with van der Waals surface area (Å²) in [4.78, 5) is 14.4. The molecule has 27 heavy (non-hydrogen) atoms. The average Bonchev–Trinajstić information content (AvgIpc) is 3.12. The summed E-state index contributed by atoms with van der Waals surface area (Å²) in [5, 5.41) is 0. The van der Waals surface area contributed by atoms with Crippen LogP contribution in [-0.2, 0) is 21.2 Å². The minimum Gasteiger partial charge on any atom is -0.480 e. The first-order valence-electron chi connectivity index (χ1n) is 8.74. The summed E-state index contributed by atoms with van der Waals surface area (Å²) in [7, 11) is -3.69. The van der Waals surface area contributed by atoms with E-state index in [0.29, 0.717) is 19.5 Å². The minimum absolute atomic E-state index is 0.0539. The van der Waals surface area contributed by atoms with E-state index in [2.05, 4.69) is 0 Å². The molecule has 0 bridgehead atoms. The maximum absolute atomic E-state index is 13.0. The predicted molar refractivity (Wildman–Crippen MR) is 96.3 cm³/mol. The van der Waals surface area contributed by atoms with Crippen molar-refractivity contribution in [3.63, 3.8) is 0 Å². The molecule has 1 saturated heterocycles. The molecule has 1 fully saturated rings. The molecule has 6 nitrogen and oxygen atoms in total. The lowest BCUT2D eigenvalue weighted by molar-refractivity contribution is -0.139. The molecule has 2 aromatic carbocycles. The number of amides is 1. The van der Waals surface area contributed by atoms with Gasteiger partial charge in [0, 0.05) is 32.6 Å². The van der Waals surface area contributed by atoms with Gasteiger partial charge in [-0.2, -0.15) is 4.31 Å². The van der Waals surface area contributed by atoms with Gasteiger partial charge in [0.2, 0.25) is 10.0 Å². The van der Waals surface area contributed by atoms with E-state index in [-0.39, 0.29) is 23.9 Å². The monoisotopic (exact) mass is 390 g/mol. The molecule has 142 valence electrons. The van der Waals surface area contributed by atoms with E-state index in [1.807, 2.05) is 24.3 Å². The molecule has 0 spiro atoms. The van der Waals surface area contributed by atoms with Crippen LogP contribution in [0.25, 0.3) is 0 Å². The van der Waals surface area contributed by atoms with Crippen LogP contribution in [0.1, 0.15) is 5.56 Å². The first kappa shape index (κ1) is 17.9. The van der Waals surface area contributed by atoms with Crippen LogP contribution in [0.2, 0.25) is 0 Å². The molecule has 4 rings (SSSR count). The highest BCUT2D eigenvalue weighted by Crippen LogP contribution is 2.29. The van der Waals surface area contributed by atoms with Crippen LogP contribution >= 0.6 is 0 Å². The number of fused-ring (bicyclic) bond motifs is 1. The number of piperazine rings is 1. The summed E-state index contributed by atoms with van der Waals surface area (Å²) < 4.78 is 45.4. The van der Waals surface area contributed by atoms with Crippen LogP contribution < -0.4 is 4.74 Å². The van der Waals surface area contributed by atoms with E-state index >= 15 is 0 Å². The van der Waals surface area contributed by atoms with Crippen molar-refractivity contribution in [2.24, 2.45) is 0 Å². The third-order valence-corrected chi connectivity index (χ3v) is 6.84. The highest BCUT2D eigenvalue weighted by molar-refractivity contribution is 7.89. The fourth-order valence-corrected chi connectivity index (χ4v) is 4.85. The molecule has 1 atom stereocenters. The second kappa shape index (κ2) is 6.94. The normalized spacial score (nSPS) is 20.2. The first-order valence-corrected chi connectivity index (χ1v) is 10.2. The quantitative estimate of drug-likeness (QED) is 0.800. The molecule has 0 radical (unpaired) electrons. The summed E-state index contributed by atoms with van der Waals surface area (Å²) in [5.41, 5.74) is 1.01. The Labute approximate surface area is 157 Å². The van der Waals surface area contributed by atoms with Gasteiger partial charge >= 0.3 is 0 Å². The van der Waals surface area contributed by atoms with Crippen LogP contribution in [0.4, 0.5) is 4.39 Å². The summed E-state index contributed by atoms with van der Waals surface area (Å²) in [5.74, 6) is 0.125. The van der Waals surface area contributed by atoms with Gasteiger partial charge in [0.1, 0.15) is 11.6 Å². The van der Waals surface area contributed by atoms with Crippen LogP contribution in [0.15, 0.2) is 53.4 Å². The zero-order chi connectivity index (χ0) is 19.0. The molecule has 0 aliphatic carbocycles. The Balaban J connectivity index is 1.39. The molecule has 0 saturated carbocycles. The van der Waals surface area contributed by atoms with Crippen molar-refractivity contribution in [3.8, 4) is 5.75 Å². The number of sulfonamides is 1. The van der Waals surface area contributed by atoms with Crippen molar-refractivity contribution in [2.45, 2.75) is 17.4 Å². The van der Waals surface area contributed by atoms with Crippen molar-refractivity contribution in [1.82, 2.24) is 9.21 Å². The SMILES string of the molecule is O=C(C1Cc2ccccc2O1)N1CCN(S(=O)(=O)c2ccc(F)cc2)CC1. The molecule has 2 aliphatic heterocycles. The zero-order valence-corrected chi connectivity index (χ0v) is 15.4. The first-order chi connectivity index (χ1) is 12.9. The Morgan fingerprint density at radius 1 is 1.00 bits per heavy atom. The second-order valence-electron chi connectivity index (χ2n) is 6.60. The van der Waals surface area contributed by atoms with Crippen LogP contribution in [0, 0.1) is 5.82 Å². The topological polar surface area (TPSA) is 66.9 Å². The van der Waals surface area contributed by atoms with Crippen LogP contribution in [-0.4, -0.2) is 55.8 Å². The highest BCUT2D eigenvalue weighted by atomic mass is 32.2. The van der Waals surface area contributed by atoms with E-state index in [1.165, 1.54) is 16.4 Å². The Morgan fingerprint density at radius 2 is 1.67 bits per heavy atom. The lowest BCUT2D eigenvalue weighted by atomic mass is 10.1. The van der Waals surface area contributed by atoms with Crippen molar-refractivity contribution in [3.05, 3.63) is 59.9 Å². The second-order valence-corrected chi connectivity index (χ2v) is 8.54. The summed E-state index contributed by atoms with van der Waals surface area (Å²) in [6.45, 7) is 1.00.